The molecule has 18 heavy (non-hydrogen) atoms. The van der Waals surface area contributed by atoms with E-state index in [0.29, 0.717) is 17.8 Å². The van der Waals surface area contributed by atoms with Gasteiger partial charge in [-0.1, -0.05) is 12.1 Å². The van der Waals surface area contributed by atoms with Crippen LogP contribution < -0.4 is 5.32 Å². The number of aromatic amines is 1. The number of hydrogen-bond donors (Lipinski definition) is 2. The highest BCUT2D eigenvalue weighted by atomic mass is 19.4. The molecule has 0 aliphatic rings. The Bertz CT molecular complexity index is 514. The Morgan fingerprint density at radius 2 is 1.89 bits per heavy atom. The summed E-state index contributed by atoms with van der Waals surface area (Å²) in [7, 11) is 1.80. The summed E-state index contributed by atoms with van der Waals surface area (Å²) in [6.07, 6.45) is -4.30. The quantitative estimate of drug-likeness (QED) is 0.885. The van der Waals surface area contributed by atoms with Crippen LogP contribution in [0.3, 0.4) is 0 Å². The molecule has 0 unspecified atom stereocenters. The fourth-order valence-electron chi connectivity index (χ4n) is 1.62. The minimum Gasteiger partial charge on any atom is -0.314 e. The largest absolute Gasteiger partial charge is 0.416 e. The number of H-pyrrole nitrogens is 1. The molecule has 0 atom stereocenters. The molecule has 0 radical (unpaired) electrons. The second-order valence-electron chi connectivity index (χ2n) is 3.88. The molecule has 1 aromatic carbocycles. The van der Waals surface area contributed by atoms with Crippen molar-refractivity contribution in [1.82, 2.24) is 15.5 Å². The van der Waals surface area contributed by atoms with Crippen LogP contribution in [0.5, 0.6) is 0 Å². The predicted molar refractivity (Wildman–Crippen MR) is 61.8 cm³/mol. The lowest BCUT2D eigenvalue weighted by Crippen LogP contribution is -2.04. The fraction of sp³-hybridized carbons (Fsp3) is 0.250. The second-order valence-corrected chi connectivity index (χ2v) is 3.88. The number of hydrogen-bond acceptors (Lipinski definition) is 2. The molecule has 2 rings (SSSR count). The molecule has 0 aliphatic carbocycles. The standard InChI is InChI=1S/C12H12F3N3/c1-16-7-10-6-11(18-17-10)8-2-4-9(5-3-8)12(13,14)15/h2-6,16H,7H2,1H3,(H,17,18). The summed E-state index contributed by atoms with van der Waals surface area (Å²) in [6.45, 7) is 0.633. The summed E-state index contributed by atoms with van der Waals surface area (Å²) in [5.74, 6) is 0. The minimum atomic E-state index is -4.30. The van der Waals surface area contributed by atoms with Crippen molar-refractivity contribution in [3.8, 4) is 11.3 Å². The molecule has 3 nitrogen and oxygen atoms in total. The van der Waals surface area contributed by atoms with Gasteiger partial charge in [0, 0.05) is 17.8 Å². The Labute approximate surface area is 102 Å². The molecule has 0 bridgehead atoms. The van der Waals surface area contributed by atoms with Crippen LogP contribution in [-0.2, 0) is 12.7 Å². The van der Waals surface area contributed by atoms with Crippen molar-refractivity contribution in [2.24, 2.45) is 0 Å². The van der Waals surface area contributed by atoms with E-state index in [4.69, 9.17) is 0 Å². The van der Waals surface area contributed by atoms with Crippen molar-refractivity contribution in [1.29, 1.82) is 0 Å². The van der Waals surface area contributed by atoms with E-state index in [0.717, 1.165) is 17.8 Å². The van der Waals surface area contributed by atoms with E-state index in [9.17, 15) is 13.2 Å². The smallest absolute Gasteiger partial charge is 0.314 e. The first-order chi connectivity index (χ1) is 8.50. The van der Waals surface area contributed by atoms with E-state index < -0.39 is 11.7 Å². The van der Waals surface area contributed by atoms with Gasteiger partial charge < -0.3 is 5.32 Å². The maximum absolute atomic E-state index is 12.4. The monoisotopic (exact) mass is 255 g/mol. The number of halogens is 3. The van der Waals surface area contributed by atoms with E-state index in [2.05, 4.69) is 15.5 Å². The van der Waals surface area contributed by atoms with Gasteiger partial charge >= 0.3 is 6.18 Å². The third kappa shape index (κ3) is 2.70. The second kappa shape index (κ2) is 4.81. The van der Waals surface area contributed by atoms with Crippen LogP contribution in [0.4, 0.5) is 13.2 Å². The van der Waals surface area contributed by atoms with Gasteiger partial charge in [-0.25, -0.2) is 0 Å². The van der Waals surface area contributed by atoms with Gasteiger partial charge in [0.15, 0.2) is 0 Å². The molecule has 0 aliphatic heterocycles. The van der Waals surface area contributed by atoms with Crippen molar-refractivity contribution >= 4 is 0 Å². The highest BCUT2D eigenvalue weighted by Crippen LogP contribution is 2.30. The van der Waals surface area contributed by atoms with Crippen molar-refractivity contribution in [3.63, 3.8) is 0 Å². The Morgan fingerprint density at radius 1 is 1.22 bits per heavy atom. The molecule has 0 saturated heterocycles. The minimum absolute atomic E-state index is 0.633. The summed E-state index contributed by atoms with van der Waals surface area (Å²) >= 11 is 0. The van der Waals surface area contributed by atoms with Gasteiger partial charge in [-0.15, -0.1) is 0 Å². The number of alkyl halides is 3. The molecule has 0 saturated carbocycles. The number of aromatic nitrogens is 2. The Kier molecular flexibility index (Phi) is 3.38. The van der Waals surface area contributed by atoms with E-state index in [1.54, 1.807) is 13.1 Å². The third-order valence-corrected chi connectivity index (χ3v) is 2.51. The van der Waals surface area contributed by atoms with Gasteiger partial charge in [0.25, 0.3) is 0 Å². The van der Waals surface area contributed by atoms with Gasteiger partial charge in [-0.05, 0) is 25.2 Å². The fourth-order valence-corrected chi connectivity index (χ4v) is 1.62. The highest BCUT2D eigenvalue weighted by Gasteiger charge is 2.30. The zero-order chi connectivity index (χ0) is 13.2. The molecule has 1 aromatic heterocycles. The average molecular weight is 255 g/mol. The number of nitrogens with one attached hydrogen (secondary N) is 2. The lowest BCUT2D eigenvalue weighted by atomic mass is 10.1. The van der Waals surface area contributed by atoms with E-state index in [1.165, 1.54) is 12.1 Å². The van der Waals surface area contributed by atoms with Crippen molar-refractivity contribution in [2.75, 3.05) is 7.05 Å². The number of benzene rings is 1. The Hall–Kier alpha value is -1.82. The number of rotatable bonds is 3. The highest BCUT2D eigenvalue weighted by molar-refractivity contribution is 5.59. The normalized spacial score (nSPS) is 11.8. The zero-order valence-corrected chi connectivity index (χ0v) is 9.67. The third-order valence-electron chi connectivity index (χ3n) is 2.51. The summed E-state index contributed by atoms with van der Waals surface area (Å²) in [6, 6.07) is 6.76. The SMILES string of the molecule is CNCc1cc(-c2ccc(C(F)(F)F)cc2)n[nH]1. The van der Waals surface area contributed by atoms with Crippen molar-refractivity contribution in [2.45, 2.75) is 12.7 Å². The zero-order valence-electron chi connectivity index (χ0n) is 9.67. The lowest BCUT2D eigenvalue weighted by molar-refractivity contribution is -0.137. The van der Waals surface area contributed by atoms with E-state index >= 15 is 0 Å². The molecule has 0 spiro atoms. The van der Waals surface area contributed by atoms with Crippen LogP contribution in [0, 0.1) is 0 Å². The van der Waals surface area contributed by atoms with Crippen molar-refractivity contribution < 1.29 is 13.2 Å². The van der Waals surface area contributed by atoms with Crippen molar-refractivity contribution in [3.05, 3.63) is 41.6 Å². The van der Waals surface area contributed by atoms with Crippen LogP contribution in [-0.4, -0.2) is 17.2 Å². The predicted octanol–water partition coefficient (Wildman–Crippen LogP) is 2.81. The molecular weight excluding hydrogens is 243 g/mol. The van der Waals surface area contributed by atoms with Gasteiger partial charge in [0.05, 0.1) is 11.3 Å². The summed E-state index contributed by atoms with van der Waals surface area (Å²) < 4.78 is 37.2. The van der Waals surface area contributed by atoms with Gasteiger partial charge in [-0.3, -0.25) is 5.10 Å². The molecule has 0 amide bonds. The molecule has 96 valence electrons. The molecule has 2 aromatic rings. The number of nitrogens with zero attached hydrogens (tertiary/aromatic N) is 1. The summed E-state index contributed by atoms with van der Waals surface area (Å²) in [5, 5.41) is 9.82. The van der Waals surface area contributed by atoms with Crippen LogP contribution in [0.2, 0.25) is 0 Å². The lowest BCUT2D eigenvalue weighted by Gasteiger charge is -2.06. The topological polar surface area (TPSA) is 40.7 Å². The summed E-state index contributed by atoms with van der Waals surface area (Å²) in [4.78, 5) is 0. The molecule has 2 N–H and O–H groups in total. The van der Waals surface area contributed by atoms with E-state index in [-0.39, 0.29) is 0 Å². The molecule has 1 heterocycles. The maximum atomic E-state index is 12.4. The Morgan fingerprint density at radius 3 is 2.44 bits per heavy atom. The van der Waals surface area contributed by atoms with Crippen LogP contribution in [0.1, 0.15) is 11.3 Å². The van der Waals surface area contributed by atoms with Crippen LogP contribution >= 0.6 is 0 Å². The maximum Gasteiger partial charge on any atom is 0.416 e. The Balaban J connectivity index is 2.23. The van der Waals surface area contributed by atoms with E-state index in [1.807, 2.05) is 0 Å². The van der Waals surface area contributed by atoms with Gasteiger partial charge in [0.2, 0.25) is 0 Å². The van der Waals surface area contributed by atoms with Crippen LogP contribution in [0.15, 0.2) is 30.3 Å². The van der Waals surface area contributed by atoms with Gasteiger partial charge in [-0.2, -0.15) is 18.3 Å². The first-order valence-corrected chi connectivity index (χ1v) is 5.37. The average Bonchev–Trinajstić information content (AvgIpc) is 2.77. The van der Waals surface area contributed by atoms with Crippen LogP contribution in [0.25, 0.3) is 11.3 Å². The molecular formula is C12H12F3N3. The molecule has 0 fully saturated rings. The summed E-state index contributed by atoms with van der Waals surface area (Å²) in [5.41, 5.74) is 1.51. The first-order valence-electron chi connectivity index (χ1n) is 5.37. The van der Waals surface area contributed by atoms with Gasteiger partial charge in [0.1, 0.15) is 0 Å². The first kappa shape index (κ1) is 12.6. The molecule has 6 heteroatoms.